The summed E-state index contributed by atoms with van der Waals surface area (Å²) in [5, 5.41) is 0. The molecule has 1 aromatic carbocycles. The third-order valence-electron chi connectivity index (χ3n) is 3.09. The zero-order chi connectivity index (χ0) is 14.0. The van der Waals surface area contributed by atoms with Crippen LogP contribution in [0.25, 0.3) is 0 Å². The number of para-hydroxylation sites is 1. The number of benzene rings is 1. The quantitative estimate of drug-likeness (QED) is 0.632. The van der Waals surface area contributed by atoms with Crippen LogP contribution in [-0.2, 0) is 9.53 Å². The molecule has 2 rings (SSSR count). The minimum atomic E-state index is -0.670. The first-order valence-corrected chi connectivity index (χ1v) is 6.35. The van der Waals surface area contributed by atoms with E-state index < -0.39 is 11.8 Å². The first-order valence-electron chi connectivity index (χ1n) is 5.81. The van der Waals surface area contributed by atoms with Gasteiger partial charge in [-0.3, -0.25) is 4.79 Å². The first-order chi connectivity index (χ1) is 9.08. The molecular weight excluding hydrogens is 273 g/mol. The Hall–Kier alpha value is -1.62. The number of carbonyl (C=O) groups excluding carboxylic acids is 2. The van der Waals surface area contributed by atoms with Gasteiger partial charge in [-0.25, -0.2) is 9.18 Å². The number of halogens is 2. The molecule has 1 amide bonds. The normalized spacial score (nSPS) is 18.8. The molecule has 0 aliphatic carbocycles. The lowest BCUT2D eigenvalue weighted by Gasteiger charge is -2.19. The van der Waals surface area contributed by atoms with Gasteiger partial charge >= 0.3 is 5.97 Å². The summed E-state index contributed by atoms with van der Waals surface area (Å²) < 4.78 is 18.6. The van der Waals surface area contributed by atoms with E-state index >= 15 is 0 Å². The molecule has 1 fully saturated rings. The van der Waals surface area contributed by atoms with E-state index in [0.717, 1.165) is 0 Å². The highest BCUT2D eigenvalue weighted by Crippen LogP contribution is 2.31. The molecule has 0 N–H and O–H groups in total. The fraction of sp³-hybridized carbons (Fsp3) is 0.385. The molecule has 1 atom stereocenters. The van der Waals surface area contributed by atoms with Crippen molar-refractivity contribution in [2.75, 3.05) is 24.4 Å². The minimum absolute atomic E-state index is 0.0213. The van der Waals surface area contributed by atoms with Crippen molar-refractivity contribution >= 4 is 29.2 Å². The number of alkyl halides is 1. The Bertz CT molecular complexity index is 521. The molecule has 1 saturated heterocycles. The summed E-state index contributed by atoms with van der Waals surface area (Å²) in [5.74, 6) is -1.23. The highest BCUT2D eigenvalue weighted by molar-refractivity contribution is 6.18. The topological polar surface area (TPSA) is 46.6 Å². The Morgan fingerprint density at radius 1 is 1.58 bits per heavy atom. The number of methoxy groups -OCH3 is 1. The van der Waals surface area contributed by atoms with Gasteiger partial charge in [0.2, 0.25) is 5.91 Å². The van der Waals surface area contributed by atoms with E-state index in [-0.39, 0.29) is 29.5 Å². The molecule has 4 nitrogen and oxygen atoms in total. The molecule has 1 aliphatic heterocycles. The second kappa shape index (κ2) is 5.57. The van der Waals surface area contributed by atoms with Gasteiger partial charge in [0.15, 0.2) is 0 Å². The van der Waals surface area contributed by atoms with Crippen molar-refractivity contribution in [3.05, 3.63) is 29.6 Å². The number of rotatable bonds is 3. The van der Waals surface area contributed by atoms with Crippen molar-refractivity contribution < 1.29 is 18.7 Å². The number of hydrogen-bond acceptors (Lipinski definition) is 3. The zero-order valence-electron chi connectivity index (χ0n) is 10.4. The molecule has 1 heterocycles. The Balaban J connectivity index is 2.44. The smallest absolute Gasteiger partial charge is 0.340 e. The van der Waals surface area contributed by atoms with Crippen molar-refractivity contribution in [3.63, 3.8) is 0 Å². The average Bonchev–Trinajstić information content (AvgIpc) is 2.78. The van der Waals surface area contributed by atoms with Crippen molar-refractivity contribution in [1.82, 2.24) is 0 Å². The summed E-state index contributed by atoms with van der Waals surface area (Å²) in [5.41, 5.74) is 0.0260. The summed E-state index contributed by atoms with van der Waals surface area (Å²) >= 11 is 5.73. The molecule has 0 radical (unpaired) electrons. The molecule has 19 heavy (non-hydrogen) atoms. The Morgan fingerprint density at radius 2 is 2.32 bits per heavy atom. The highest BCUT2D eigenvalue weighted by atomic mass is 35.5. The van der Waals surface area contributed by atoms with Gasteiger partial charge < -0.3 is 9.64 Å². The van der Waals surface area contributed by atoms with Gasteiger partial charge in [0, 0.05) is 18.8 Å². The van der Waals surface area contributed by atoms with Crippen LogP contribution in [0.4, 0.5) is 10.1 Å². The van der Waals surface area contributed by atoms with E-state index in [1.807, 2.05) is 0 Å². The van der Waals surface area contributed by atoms with Crippen molar-refractivity contribution in [3.8, 4) is 0 Å². The molecule has 0 aromatic heterocycles. The van der Waals surface area contributed by atoms with Crippen LogP contribution in [0.1, 0.15) is 16.8 Å². The Morgan fingerprint density at radius 3 is 2.89 bits per heavy atom. The standard InChI is InChI=1S/C13H13ClFNO3/c1-19-13(18)9-3-2-4-10(15)12(9)16-7-8(6-14)5-11(16)17/h2-4,8H,5-7H2,1H3. The van der Waals surface area contributed by atoms with E-state index in [2.05, 4.69) is 4.74 Å². The molecule has 102 valence electrons. The van der Waals surface area contributed by atoms with Gasteiger partial charge in [-0.05, 0) is 18.1 Å². The number of anilines is 1. The lowest BCUT2D eigenvalue weighted by atomic mass is 10.1. The van der Waals surface area contributed by atoms with Crippen LogP contribution in [0.3, 0.4) is 0 Å². The van der Waals surface area contributed by atoms with E-state index in [0.29, 0.717) is 12.4 Å². The van der Waals surface area contributed by atoms with Crippen molar-refractivity contribution in [1.29, 1.82) is 0 Å². The second-order valence-electron chi connectivity index (χ2n) is 4.36. The molecule has 1 aliphatic rings. The maximum Gasteiger partial charge on any atom is 0.340 e. The largest absolute Gasteiger partial charge is 0.465 e. The van der Waals surface area contributed by atoms with E-state index in [1.54, 1.807) is 0 Å². The molecule has 1 aromatic rings. The number of hydrogen-bond donors (Lipinski definition) is 0. The van der Waals surface area contributed by atoms with Crippen molar-refractivity contribution in [2.24, 2.45) is 5.92 Å². The molecule has 1 unspecified atom stereocenters. The van der Waals surface area contributed by atoms with Crippen LogP contribution in [-0.4, -0.2) is 31.4 Å². The summed E-state index contributed by atoms with van der Waals surface area (Å²) in [6, 6.07) is 4.05. The van der Waals surface area contributed by atoms with Crippen LogP contribution in [0.2, 0.25) is 0 Å². The van der Waals surface area contributed by atoms with E-state index in [4.69, 9.17) is 11.6 Å². The molecule has 0 bridgehead atoms. The van der Waals surface area contributed by atoms with Gasteiger partial charge in [0.25, 0.3) is 0 Å². The van der Waals surface area contributed by atoms with Gasteiger partial charge in [0.05, 0.1) is 18.4 Å². The predicted molar refractivity (Wildman–Crippen MR) is 68.9 cm³/mol. The van der Waals surface area contributed by atoms with Crippen LogP contribution in [0.5, 0.6) is 0 Å². The summed E-state index contributed by atoms with van der Waals surface area (Å²) in [7, 11) is 1.21. The zero-order valence-corrected chi connectivity index (χ0v) is 11.1. The Kier molecular flexibility index (Phi) is 4.04. The van der Waals surface area contributed by atoms with Gasteiger partial charge in [0.1, 0.15) is 5.82 Å². The van der Waals surface area contributed by atoms with Crippen molar-refractivity contribution in [2.45, 2.75) is 6.42 Å². The van der Waals surface area contributed by atoms with Crippen LogP contribution < -0.4 is 4.90 Å². The first kappa shape index (κ1) is 13.8. The Labute approximate surface area is 115 Å². The summed E-state index contributed by atoms with van der Waals surface area (Å²) in [6.07, 6.45) is 0.262. The van der Waals surface area contributed by atoms with Crippen LogP contribution >= 0.6 is 11.6 Å². The number of amides is 1. The summed E-state index contributed by atoms with van der Waals surface area (Å²) in [6.45, 7) is 0.313. The SMILES string of the molecule is COC(=O)c1cccc(F)c1N1CC(CCl)CC1=O. The number of esters is 1. The average molecular weight is 286 g/mol. The third kappa shape index (κ3) is 2.56. The predicted octanol–water partition coefficient (Wildman–Crippen LogP) is 2.20. The van der Waals surface area contributed by atoms with E-state index in [1.165, 1.54) is 30.2 Å². The third-order valence-corrected chi connectivity index (χ3v) is 3.52. The number of carbonyl (C=O) groups is 2. The lowest BCUT2D eigenvalue weighted by Crippen LogP contribution is -2.28. The second-order valence-corrected chi connectivity index (χ2v) is 4.66. The van der Waals surface area contributed by atoms with Gasteiger partial charge in [-0.1, -0.05) is 6.07 Å². The monoisotopic (exact) mass is 285 g/mol. The maximum atomic E-state index is 14.0. The van der Waals surface area contributed by atoms with E-state index in [9.17, 15) is 14.0 Å². The van der Waals surface area contributed by atoms with Crippen LogP contribution in [0.15, 0.2) is 18.2 Å². The number of ether oxygens (including phenoxy) is 1. The van der Waals surface area contributed by atoms with Crippen LogP contribution in [0, 0.1) is 11.7 Å². The lowest BCUT2D eigenvalue weighted by molar-refractivity contribution is -0.117. The summed E-state index contributed by atoms with van der Waals surface area (Å²) in [4.78, 5) is 24.8. The molecule has 0 spiro atoms. The minimum Gasteiger partial charge on any atom is -0.465 e. The highest BCUT2D eigenvalue weighted by Gasteiger charge is 2.34. The molecule has 6 heteroatoms. The molecular formula is C13H13ClFNO3. The maximum absolute atomic E-state index is 14.0. The molecule has 0 saturated carbocycles. The number of nitrogens with zero attached hydrogens (tertiary/aromatic N) is 1. The van der Waals surface area contributed by atoms with Gasteiger partial charge in [-0.2, -0.15) is 0 Å². The fourth-order valence-corrected chi connectivity index (χ4v) is 2.37. The van der Waals surface area contributed by atoms with Gasteiger partial charge in [-0.15, -0.1) is 11.6 Å². The fourth-order valence-electron chi connectivity index (χ4n) is 2.17.